The van der Waals surface area contributed by atoms with E-state index in [1.807, 2.05) is 31.2 Å². The standard InChI is InChI=1S/C27H36N4O6S/c1-16-24(38-15-29-16)19-10-8-18(9-11-19)13-28-25(36)21-12-20(32)14-31(21)26(37)27(3,4)17(2)30-22(33)6-5-7-23(34)35/h8-11,15,17,20-21,32H,5-7,12-14H2,1-4H3,(H,28,36)(H,30,33)(H,34,35)/t17-,20+,21-/m0/s1. The maximum absolute atomic E-state index is 13.5. The van der Waals surface area contributed by atoms with Crippen LogP contribution in [0.2, 0.25) is 0 Å². The summed E-state index contributed by atoms with van der Waals surface area (Å²) in [4.78, 5) is 56.3. The third-order valence-corrected chi connectivity index (χ3v) is 8.05. The number of aliphatic hydroxyl groups excluding tert-OH is 1. The second-order valence-electron chi connectivity index (χ2n) is 10.3. The summed E-state index contributed by atoms with van der Waals surface area (Å²) >= 11 is 1.57. The van der Waals surface area contributed by atoms with Gasteiger partial charge in [-0.25, -0.2) is 4.98 Å². The SMILES string of the molecule is Cc1ncsc1-c1ccc(CNC(=O)[C@@H]2C[C@@H](O)CN2C(=O)C(C)(C)[C@H](C)NC(=O)CCCC(=O)O)cc1. The molecule has 1 saturated heterocycles. The number of rotatable bonds is 11. The molecule has 3 amide bonds. The first-order valence-corrected chi connectivity index (χ1v) is 13.6. The maximum Gasteiger partial charge on any atom is 0.303 e. The summed E-state index contributed by atoms with van der Waals surface area (Å²) in [5, 5.41) is 24.7. The van der Waals surface area contributed by atoms with E-state index in [0.717, 1.165) is 21.7 Å². The van der Waals surface area contributed by atoms with Crippen LogP contribution in [0.1, 0.15) is 57.7 Å². The molecule has 3 atom stereocenters. The summed E-state index contributed by atoms with van der Waals surface area (Å²) in [7, 11) is 0. The minimum absolute atomic E-state index is 0.0303. The summed E-state index contributed by atoms with van der Waals surface area (Å²) in [6.07, 6.45) is -0.556. The summed E-state index contributed by atoms with van der Waals surface area (Å²) in [6, 6.07) is 6.44. The average Bonchev–Trinajstić information content (AvgIpc) is 3.47. The number of carbonyl (C=O) groups excluding carboxylic acids is 3. The number of nitrogens with one attached hydrogen (secondary N) is 2. The number of hydrogen-bond acceptors (Lipinski definition) is 7. The van der Waals surface area contributed by atoms with E-state index in [-0.39, 0.29) is 56.5 Å². The lowest BCUT2D eigenvalue weighted by atomic mass is 9.83. The van der Waals surface area contributed by atoms with Gasteiger partial charge in [-0.15, -0.1) is 11.3 Å². The number of carbonyl (C=O) groups is 4. The van der Waals surface area contributed by atoms with E-state index in [1.54, 1.807) is 37.6 Å². The molecule has 0 unspecified atom stereocenters. The number of thiazole rings is 1. The summed E-state index contributed by atoms with van der Waals surface area (Å²) in [5.41, 5.74) is 3.67. The molecule has 0 aliphatic carbocycles. The highest BCUT2D eigenvalue weighted by atomic mass is 32.1. The van der Waals surface area contributed by atoms with E-state index < -0.39 is 29.6 Å². The Bertz CT molecular complexity index is 1160. The maximum atomic E-state index is 13.5. The fourth-order valence-corrected chi connectivity index (χ4v) is 5.21. The fraction of sp³-hybridized carbons (Fsp3) is 0.519. The van der Waals surface area contributed by atoms with Gasteiger partial charge in [-0.1, -0.05) is 24.3 Å². The van der Waals surface area contributed by atoms with Crippen molar-refractivity contribution in [3.63, 3.8) is 0 Å². The van der Waals surface area contributed by atoms with E-state index >= 15 is 0 Å². The minimum Gasteiger partial charge on any atom is -0.481 e. The van der Waals surface area contributed by atoms with Crippen LogP contribution in [0.4, 0.5) is 0 Å². The number of amides is 3. The Morgan fingerprint density at radius 2 is 1.87 bits per heavy atom. The lowest BCUT2D eigenvalue weighted by molar-refractivity contribution is -0.147. The van der Waals surface area contributed by atoms with Crippen LogP contribution >= 0.6 is 11.3 Å². The van der Waals surface area contributed by atoms with Crippen molar-refractivity contribution in [2.45, 2.75) is 78.1 Å². The van der Waals surface area contributed by atoms with Gasteiger partial charge in [-0.2, -0.15) is 0 Å². The van der Waals surface area contributed by atoms with Crippen LogP contribution in [0.3, 0.4) is 0 Å². The van der Waals surface area contributed by atoms with Crippen LogP contribution in [0.15, 0.2) is 29.8 Å². The summed E-state index contributed by atoms with van der Waals surface area (Å²) in [5.74, 6) is -2.01. The number of carboxylic acids is 1. The first-order chi connectivity index (χ1) is 17.9. The van der Waals surface area contributed by atoms with Crippen LogP contribution < -0.4 is 10.6 Å². The van der Waals surface area contributed by atoms with Crippen molar-refractivity contribution in [3.05, 3.63) is 41.0 Å². The van der Waals surface area contributed by atoms with E-state index in [0.29, 0.717) is 0 Å². The lowest BCUT2D eigenvalue weighted by Crippen LogP contribution is -2.55. The average molecular weight is 545 g/mol. The fourth-order valence-electron chi connectivity index (χ4n) is 4.40. The van der Waals surface area contributed by atoms with Crippen molar-refractivity contribution in [2.75, 3.05) is 6.54 Å². The molecule has 0 spiro atoms. The van der Waals surface area contributed by atoms with Crippen LogP contribution in [-0.2, 0) is 25.7 Å². The molecule has 4 N–H and O–H groups in total. The molecular weight excluding hydrogens is 508 g/mol. The Labute approximate surface area is 226 Å². The summed E-state index contributed by atoms with van der Waals surface area (Å²) < 4.78 is 0. The van der Waals surface area contributed by atoms with E-state index in [9.17, 15) is 24.3 Å². The highest BCUT2D eigenvalue weighted by Gasteiger charge is 2.46. The van der Waals surface area contributed by atoms with E-state index in [4.69, 9.17) is 5.11 Å². The molecule has 0 bridgehead atoms. The lowest BCUT2D eigenvalue weighted by Gasteiger charge is -2.36. The number of β-amino-alcohol motifs (C(OH)–C–C–N with tert-alkyl or cyclic N) is 1. The van der Waals surface area contributed by atoms with E-state index in [1.165, 1.54) is 4.90 Å². The minimum atomic E-state index is -1.06. The topological polar surface area (TPSA) is 149 Å². The molecule has 3 rings (SSSR count). The number of hydrogen-bond donors (Lipinski definition) is 4. The number of carboxylic acid groups (broad SMARTS) is 1. The number of aliphatic carboxylic acids is 1. The van der Waals surface area contributed by atoms with Crippen molar-refractivity contribution in [1.82, 2.24) is 20.5 Å². The van der Waals surface area contributed by atoms with Gasteiger partial charge in [0.05, 0.1) is 27.6 Å². The first-order valence-electron chi connectivity index (χ1n) is 12.7. The first kappa shape index (κ1) is 29.2. The molecule has 38 heavy (non-hydrogen) atoms. The molecule has 10 nitrogen and oxygen atoms in total. The molecule has 0 saturated carbocycles. The Balaban J connectivity index is 1.59. The number of nitrogens with zero attached hydrogens (tertiary/aromatic N) is 2. The van der Waals surface area contributed by atoms with Gasteiger partial charge in [0.1, 0.15) is 6.04 Å². The van der Waals surface area contributed by atoms with Gasteiger partial charge in [0.25, 0.3) is 0 Å². The van der Waals surface area contributed by atoms with Gasteiger partial charge in [0.15, 0.2) is 0 Å². The van der Waals surface area contributed by atoms with Crippen LogP contribution in [-0.4, -0.2) is 68.5 Å². The van der Waals surface area contributed by atoms with Crippen LogP contribution in [0.5, 0.6) is 0 Å². The third-order valence-electron chi connectivity index (χ3n) is 7.08. The Hall–Kier alpha value is -3.31. The van der Waals surface area contributed by atoms with Gasteiger partial charge in [0.2, 0.25) is 17.7 Å². The molecule has 1 fully saturated rings. The largest absolute Gasteiger partial charge is 0.481 e. The van der Waals surface area contributed by atoms with Gasteiger partial charge in [-0.05, 0) is 45.2 Å². The molecule has 1 aromatic heterocycles. The summed E-state index contributed by atoms with van der Waals surface area (Å²) in [6.45, 7) is 7.34. The molecule has 2 heterocycles. The van der Waals surface area contributed by atoms with Gasteiger partial charge in [-0.3, -0.25) is 19.2 Å². The van der Waals surface area contributed by atoms with Crippen molar-refractivity contribution in [1.29, 1.82) is 0 Å². The molecule has 1 aromatic carbocycles. The van der Waals surface area contributed by atoms with Gasteiger partial charge < -0.3 is 25.7 Å². The van der Waals surface area contributed by atoms with Crippen molar-refractivity contribution in [2.24, 2.45) is 5.41 Å². The molecule has 206 valence electrons. The van der Waals surface area contributed by atoms with Crippen LogP contribution in [0, 0.1) is 12.3 Å². The zero-order chi connectivity index (χ0) is 28.0. The molecule has 11 heteroatoms. The predicted molar refractivity (Wildman–Crippen MR) is 143 cm³/mol. The number of benzene rings is 1. The van der Waals surface area contributed by atoms with Crippen LogP contribution in [0.25, 0.3) is 10.4 Å². The molecular formula is C27H36N4O6S. The second-order valence-corrected chi connectivity index (χ2v) is 11.2. The van der Waals surface area contributed by atoms with Crippen molar-refractivity contribution >= 4 is 35.0 Å². The van der Waals surface area contributed by atoms with Crippen molar-refractivity contribution < 1.29 is 29.4 Å². The molecule has 1 aliphatic heterocycles. The molecule has 1 aliphatic rings. The Kier molecular flexibility index (Phi) is 9.61. The smallest absolute Gasteiger partial charge is 0.303 e. The third kappa shape index (κ3) is 7.16. The number of aliphatic hydroxyl groups is 1. The zero-order valence-corrected chi connectivity index (χ0v) is 23.0. The van der Waals surface area contributed by atoms with Gasteiger partial charge in [0, 0.05) is 38.4 Å². The number of aromatic nitrogens is 1. The Morgan fingerprint density at radius 1 is 1.18 bits per heavy atom. The normalized spacial score (nSPS) is 18.2. The van der Waals surface area contributed by atoms with Gasteiger partial charge >= 0.3 is 5.97 Å². The zero-order valence-electron chi connectivity index (χ0n) is 22.2. The number of aryl methyl sites for hydroxylation is 1. The second kappa shape index (κ2) is 12.5. The predicted octanol–water partition coefficient (Wildman–Crippen LogP) is 2.48. The highest BCUT2D eigenvalue weighted by molar-refractivity contribution is 7.13. The molecule has 2 aromatic rings. The van der Waals surface area contributed by atoms with Crippen molar-refractivity contribution in [3.8, 4) is 10.4 Å². The van der Waals surface area contributed by atoms with E-state index in [2.05, 4.69) is 15.6 Å². The monoisotopic (exact) mass is 544 g/mol. The Morgan fingerprint density at radius 3 is 2.47 bits per heavy atom. The highest BCUT2D eigenvalue weighted by Crippen LogP contribution is 2.30. The quantitative estimate of drug-likeness (QED) is 0.340. The number of likely N-dealkylation sites (tertiary alicyclic amines) is 1. The molecule has 0 radical (unpaired) electrons.